The molecular weight excluding hydrogens is 390 g/mol. The van der Waals surface area contributed by atoms with Crippen LogP contribution < -0.4 is 5.32 Å². The normalized spacial score (nSPS) is 12.4. The molecule has 0 saturated carbocycles. The minimum Gasteiger partial charge on any atom is -0.480 e. The van der Waals surface area contributed by atoms with Crippen LogP contribution in [0.15, 0.2) is 0 Å². The summed E-state index contributed by atoms with van der Waals surface area (Å²) in [7, 11) is -4.90. The first-order valence-electron chi connectivity index (χ1n) is 9.80. The molecule has 0 spiro atoms. The third kappa shape index (κ3) is 14.4. The van der Waals surface area contributed by atoms with Gasteiger partial charge in [0.25, 0.3) is 10.1 Å². The highest BCUT2D eigenvalue weighted by atomic mass is 32.2. The van der Waals surface area contributed by atoms with E-state index in [4.69, 9.17) is 9.66 Å². The Morgan fingerprint density at radius 1 is 0.964 bits per heavy atom. The molecule has 0 aromatic heterocycles. The van der Waals surface area contributed by atoms with Crippen LogP contribution in [0.5, 0.6) is 0 Å². The number of carbonyl (C=O) groups is 3. The van der Waals surface area contributed by atoms with E-state index < -0.39 is 33.7 Å². The summed E-state index contributed by atoms with van der Waals surface area (Å²) in [5.74, 6) is -3.09. The number of aliphatic carboxylic acids is 1. The zero-order valence-corrected chi connectivity index (χ0v) is 17.3. The minimum atomic E-state index is -4.90. The summed E-state index contributed by atoms with van der Waals surface area (Å²) in [6, 6.07) is 0. The molecule has 0 saturated heterocycles. The summed E-state index contributed by atoms with van der Waals surface area (Å²) in [6.45, 7) is 2.03. The molecule has 0 fully saturated rings. The van der Waals surface area contributed by atoms with E-state index in [9.17, 15) is 22.8 Å². The van der Waals surface area contributed by atoms with Gasteiger partial charge in [0.15, 0.2) is 5.25 Å². The number of unbranched alkanes of at least 4 members (excludes halogenated alkanes) is 8. The zero-order chi connectivity index (χ0) is 21.4. The number of carboxylic acids is 1. The number of nitrogens with one attached hydrogen (secondary N) is 1. The van der Waals surface area contributed by atoms with Gasteiger partial charge in [-0.25, -0.2) is 0 Å². The van der Waals surface area contributed by atoms with Crippen LogP contribution in [0.2, 0.25) is 0 Å². The molecule has 0 heterocycles. The average molecular weight is 424 g/mol. The molecule has 3 N–H and O–H groups in total. The van der Waals surface area contributed by atoms with Gasteiger partial charge in [-0.2, -0.15) is 8.42 Å². The second-order valence-corrected chi connectivity index (χ2v) is 8.29. The Balaban J connectivity index is 3.71. The Hall–Kier alpha value is -1.68. The van der Waals surface area contributed by atoms with E-state index in [0.717, 1.165) is 19.3 Å². The van der Waals surface area contributed by atoms with Gasteiger partial charge in [0.05, 0.1) is 13.0 Å². The van der Waals surface area contributed by atoms with Crippen molar-refractivity contribution in [2.75, 3.05) is 13.2 Å². The van der Waals surface area contributed by atoms with Crippen LogP contribution in [-0.4, -0.2) is 54.3 Å². The lowest BCUT2D eigenvalue weighted by atomic mass is 10.1. The van der Waals surface area contributed by atoms with Crippen molar-refractivity contribution in [3.05, 3.63) is 0 Å². The van der Waals surface area contributed by atoms with E-state index in [1.165, 1.54) is 38.5 Å². The van der Waals surface area contributed by atoms with Crippen molar-refractivity contribution in [2.24, 2.45) is 0 Å². The highest BCUT2D eigenvalue weighted by Gasteiger charge is 2.33. The lowest BCUT2D eigenvalue weighted by Crippen LogP contribution is -2.33. The standard InChI is InChI=1S/C18H33NO8S/c1-2-3-4-5-6-7-8-9-10-11-16(20)19-12-13-27-17(21)14-15(18(22)23)28(24,25)26/h15H,2-14H2,1H3,(H,19,20)(H,22,23)(H,24,25,26). The Labute approximate surface area is 167 Å². The van der Waals surface area contributed by atoms with Crippen LogP contribution >= 0.6 is 0 Å². The summed E-state index contributed by atoms with van der Waals surface area (Å²) in [6.07, 6.45) is 9.76. The van der Waals surface area contributed by atoms with Crippen LogP contribution in [0.3, 0.4) is 0 Å². The summed E-state index contributed by atoms with van der Waals surface area (Å²) >= 11 is 0. The van der Waals surface area contributed by atoms with Crippen molar-refractivity contribution in [2.45, 2.75) is 82.8 Å². The second-order valence-electron chi connectivity index (χ2n) is 6.69. The molecule has 0 aliphatic rings. The van der Waals surface area contributed by atoms with Crippen molar-refractivity contribution in [1.82, 2.24) is 5.32 Å². The molecule has 0 bridgehead atoms. The van der Waals surface area contributed by atoms with E-state index in [2.05, 4.69) is 17.0 Å². The molecular formula is C18H33NO8S. The minimum absolute atomic E-state index is 0.0472. The van der Waals surface area contributed by atoms with E-state index in [1.54, 1.807) is 0 Å². The quantitative estimate of drug-likeness (QED) is 0.183. The highest BCUT2D eigenvalue weighted by Crippen LogP contribution is 2.10. The predicted molar refractivity (Wildman–Crippen MR) is 103 cm³/mol. The third-order valence-corrected chi connectivity index (χ3v) is 5.27. The molecule has 1 unspecified atom stereocenters. The lowest BCUT2D eigenvalue weighted by molar-refractivity contribution is -0.147. The first-order chi connectivity index (χ1) is 13.2. The van der Waals surface area contributed by atoms with Gasteiger partial charge >= 0.3 is 11.9 Å². The molecule has 28 heavy (non-hydrogen) atoms. The summed E-state index contributed by atoms with van der Waals surface area (Å²) in [5, 5.41) is 8.99. The van der Waals surface area contributed by atoms with Gasteiger partial charge in [-0.15, -0.1) is 0 Å². The van der Waals surface area contributed by atoms with Crippen molar-refractivity contribution >= 4 is 28.0 Å². The monoisotopic (exact) mass is 423 g/mol. The maximum absolute atomic E-state index is 11.7. The van der Waals surface area contributed by atoms with Gasteiger partial charge in [-0.05, 0) is 6.42 Å². The van der Waals surface area contributed by atoms with Gasteiger partial charge in [0.2, 0.25) is 5.91 Å². The maximum atomic E-state index is 11.7. The largest absolute Gasteiger partial charge is 0.480 e. The van der Waals surface area contributed by atoms with E-state index >= 15 is 0 Å². The van der Waals surface area contributed by atoms with Crippen LogP contribution in [0.4, 0.5) is 0 Å². The fourth-order valence-corrected chi connectivity index (χ4v) is 3.17. The van der Waals surface area contributed by atoms with E-state index in [1.807, 2.05) is 0 Å². The maximum Gasteiger partial charge on any atom is 0.325 e. The fourth-order valence-electron chi connectivity index (χ4n) is 2.57. The predicted octanol–water partition coefficient (Wildman–Crippen LogP) is 2.30. The van der Waals surface area contributed by atoms with Crippen molar-refractivity contribution < 1.29 is 37.2 Å². The molecule has 0 aliphatic carbocycles. The zero-order valence-electron chi connectivity index (χ0n) is 16.5. The molecule has 10 heteroatoms. The van der Waals surface area contributed by atoms with Gasteiger partial charge in [0.1, 0.15) is 6.61 Å². The lowest BCUT2D eigenvalue weighted by Gasteiger charge is -2.10. The number of amides is 1. The van der Waals surface area contributed by atoms with Crippen LogP contribution in [0.1, 0.15) is 77.6 Å². The number of carbonyl (C=O) groups excluding carboxylic acids is 2. The van der Waals surface area contributed by atoms with Gasteiger partial charge in [-0.1, -0.05) is 58.3 Å². The number of rotatable bonds is 17. The molecule has 1 atom stereocenters. The Kier molecular flexibility index (Phi) is 14.4. The van der Waals surface area contributed by atoms with Crippen molar-refractivity contribution in [3.63, 3.8) is 0 Å². The Morgan fingerprint density at radius 2 is 1.50 bits per heavy atom. The smallest absolute Gasteiger partial charge is 0.325 e. The SMILES string of the molecule is CCCCCCCCCCCC(=O)NCCOC(=O)CC(C(=O)O)S(=O)(=O)O. The van der Waals surface area contributed by atoms with Gasteiger partial charge < -0.3 is 15.2 Å². The third-order valence-electron chi connectivity index (χ3n) is 4.18. The molecule has 0 aliphatic heterocycles. The first kappa shape index (κ1) is 26.3. The number of hydrogen-bond donors (Lipinski definition) is 3. The fraction of sp³-hybridized carbons (Fsp3) is 0.833. The molecule has 0 rings (SSSR count). The summed E-state index contributed by atoms with van der Waals surface area (Å²) < 4.78 is 35.2. The molecule has 9 nitrogen and oxygen atoms in total. The molecule has 0 radical (unpaired) electrons. The molecule has 164 valence electrons. The number of carboxylic acid groups (broad SMARTS) is 1. The molecule has 0 aromatic rings. The topological polar surface area (TPSA) is 147 Å². The summed E-state index contributed by atoms with van der Waals surface area (Å²) in [4.78, 5) is 33.8. The van der Waals surface area contributed by atoms with Crippen LogP contribution in [0, 0.1) is 0 Å². The van der Waals surface area contributed by atoms with Crippen LogP contribution in [-0.2, 0) is 29.2 Å². The van der Waals surface area contributed by atoms with Crippen molar-refractivity contribution in [1.29, 1.82) is 0 Å². The number of ether oxygens (including phenoxy) is 1. The van der Waals surface area contributed by atoms with Crippen molar-refractivity contribution in [3.8, 4) is 0 Å². The Morgan fingerprint density at radius 3 is 2.00 bits per heavy atom. The number of hydrogen-bond acceptors (Lipinski definition) is 6. The Bertz CT molecular complexity index is 576. The first-order valence-corrected chi connectivity index (χ1v) is 11.3. The average Bonchev–Trinajstić information content (AvgIpc) is 2.60. The highest BCUT2D eigenvalue weighted by molar-refractivity contribution is 7.87. The van der Waals surface area contributed by atoms with Crippen LogP contribution in [0.25, 0.3) is 0 Å². The van der Waals surface area contributed by atoms with E-state index in [-0.39, 0.29) is 19.1 Å². The molecule has 1 amide bonds. The van der Waals surface area contributed by atoms with Gasteiger partial charge in [0, 0.05) is 6.42 Å². The molecule has 0 aromatic carbocycles. The second kappa shape index (κ2) is 15.3. The summed E-state index contributed by atoms with van der Waals surface area (Å²) in [5.41, 5.74) is 0. The number of esters is 1. The van der Waals surface area contributed by atoms with E-state index in [0.29, 0.717) is 6.42 Å². The van der Waals surface area contributed by atoms with Gasteiger partial charge in [-0.3, -0.25) is 18.9 Å².